The molecule has 0 saturated heterocycles. The quantitative estimate of drug-likeness (QED) is 0.782. The topological polar surface area (TPSA) is 75.6 Å². The Balaban J connectivity index is 3.32. The Morgan fingerprint density at radius 1 is 1.04 bits per heavy atom. The van der Waals surface area contributed by atoms with Gasteiger partial charge in [0.05, 0.1) is 6.54 Å². The SMILES string of the molecule is CC(C)(C)OC(=O)C(Cc1ccccc1)(NCC(=O)O)C(C)(C)C. The van der Waals surface area contributed by atoms with Gasteiger partial charge in [-0.2, -0.15) is 0 Å². The molecule has 0 spiro atoms. The predicted octanol–water partition coefficient (Wildman–Crippen LogP) is 3.03. The number of carbonyl (C=O) groups excluding carboxylic acids is 1. The molecule has 5 heteroatoms. The van der Waals surface area contributed by atoms with Crippen LogP contribution in [0.3, 0.4) is 0 Å². The summed E-state index contributed by atoms with van der Waals surface area (Å²) in [6.45, 7) is 10.8. The van der Waals surface area contributed by atoms with E-state index in [0.717, 1.165) is 5.56 Å². The van der Waals surface area contributed by atoms with Gasteiger partial charge in [0.15, 0.2) is 0 Å². The second kappa shape index (κ2) is 7.34. The van der Waals surface area contributed by atoms with Gasteiger partial charge in [-0.05, 0) is 31.7 Å². The lowest BCUT2D eigenvalue weighted by Crippen LogP contribution is -2.64. The molecule has 0 bridgehead atoms. The third kappa shape index (κ3) is 5.34. The number of benzene rings is 1. The fourth-order valence-corrected chi connectivity index (χ4v) is 2.54. The molecule has 0 aliphatic carbocycles. The van der Waals surface area contributed by atoms with Crippen LogP contribution < -0.4 is 5.32 Å². The summed E-state index contributed by atoms with van der Waals surface area (Å²) >= 11 is 0. The number of carbonyl (C=O) groups is 2. The lowest BCUT2D eigenvalue weighted by atomic mass is 9.69. The maximum Gasteiger partial charge on any atom is 0.327 e. The summed E-state index contributed by atoms with van der Waals surface area (Å²) in [6.07, 6.45) is 0.347. The van der Waals surface area contributed by atoms with Crippen molar-refractivity contribution >= 4 is 11.9 Å². The zero-order valence-electron chi connectivity index (χ0n) is 15.5. The maximum atomic E-state index is 13.1. The zero-order chi connectivity index (χ0) is 18.6. The summed E-state index contributed by atoms with van der Waals surface area (Å²) in [4.78, 5) is 24.2. The van der Waals surface area contributed by atoms with E-state index >= 15 is 0 Å². The molecular weight excluding hydrogens is 306 g/mol. The van der Waals surface area contributed by atoms with Gasteiger partial charge in [-0.1, -0.05) is 51.1 Å². The Labute approximate surface area is 144 Å². The van der Waals surface area contributed by atoms with Crippen LogP contribution in [0.1, 0.15) is 47.1 Å². The molecule has 5 nitrogen and oxygen atoms in total. The molecule has 0 aliphatic heterocycles. The molecule has 0 fully saturated rings. The largest absolute Gasteiger partial charge is 0.480 e. The number of ether oxygens (including phenoxy) is 1. The van der Waals surface area contributed by atoms with Crippen LogP contribution in [0.4, 0.5) is 0 Å². The van der Waals surface area contributed by atoms with Crippen LogP contribution >= 0.6 is 0 Å². The van der Waals surface area contributed by atoms with E-state index in [4.69, 9.17) is 9.84 Å². The second-order valence-corrected chi connectivity index (χ2v) is 8.07. The molecule has 2 N–H and O–H groups in total. The van der Waals surface area contributed by atoms with E-state index in [-0.39, 0.29) is 6.54 Å². The number of nitrogens with one attached hydrogen (secondary N) is 1. The highest BCUT2D eigenvalue weighted by Gasteiger charge is 2.50. The van der Waals surface area contributed by atoms with E-state index in [1.165, 1.54) is 0 Å². The third-order valence-corrected chi connectivity index (χ3v) is 3.88. The van der Waals surface area contributed by atoms with Crippen molar-refractivity contribution in [3.63, 3.8) is 0 Å². The summed E-state index contributed by atoms with van der Waals surface area (Å²) in [6, 6.07) is 9.55. The average molecular weight is 335 g/mol. The van der Waals surface area contributed by atoms with E-state index in [1.54, 1.807) is 20.8 Å². The van der Waals surface area contributed by atoms with Gasteiger partial charge in [-0.25, -0.2) is 4.79 Å². The van der Waals surface area contributed by atoms with Gasteiger partial charge in [0.25, 0.3) is 0 Å². The summed E-state index contributed by atoms with van der Waals surface area (Å²) in [5, 5.41) is 12.1. The highest BCUT2D eigenvalue weighted by Crippen LogP contribution is 2.36. The van der Waals surface area contributed by atoms with Crippen molar-refractivity contribution in [3.8, 4) is 0 Å². The van der Waals surface area contributed by atoms with Crippen molar-refractivity contribution in [2.45, 2.75) is 59.1 Å². The number of esters is 1. The maximum absolute atomic E-state index is 13.1. The highest BCUT2D eigenvalue weighted by atomic mass is 16.6. The Morgan fingerprint density at radius 3 is 2.00 bits per heavy atom. The minimum absolute atomic E-state index is 0.316. The monoisotopic (exact) mass is 335 g/mol. The van der Waals surface area contributed by atoms with Crippen molar-refractivity contribution in [2.24, 2.45) is 5.41 Å². The summed E-state index contributed by atoms with van der Waals surface area (Å²) in [7, 11) is 0. The van der Waals surface area contributed by atoms with Gasteiger partial charge in [0, 0.05) is 6.42 Å². The van der Waals surface area contributed by atoms with Crippen LogP contribution in [0.25, 0.3) is 0 Å². The Hall–Kier alpha value is -1.88. The molecule has 1 aromatic carbocycles. The fraction of sp³-hybridized carbons (Fsp3) is 0.579. The van der Waals surface area contributed by atoms with Crippen molar-refractivity contribution in [3.05, 3.63) is 35.9 Å². The standard InChI is InChI=1S/C19H29NO4/c1-17(2,3)19(20-13-15(21)22,16(23)24-18(4,5)6)12-14-10-8-7-9-11-14/h7-11,20H,12-13H2,1-6H3,(H,21,22). The van der Waals surface area contributed by atoms with Crippen molar-refractivity contribution in [1.82, 2.24) is 5.32 Å². The van der Waals surface area contributed by atoms with Crippen molar-refractivity contribution in [1.29, 1.82) is 0 Å². The van der Waals surface area contributed by atoms with Crippen LogP contribution in [-0.2, 0) is 20.7 Å². The normalized spacial score (nSPS) is 14.8. The van der Waals surface area contributed by atoms with Gasteiger partial charge in [0.1, 0.15) is 11.1 Å². The number of hydrogen-bond acceptors (Lipinski definition) is 4. The van der Waals surface area contributed by atoms with Crippen LogP contribution in [0.15, 0.2) is 30.3 Å². The second-order valence-electron chi connectivity index (χ2n) is 8.07. The van der Waals surface area contributed by atoms with E-state index in [9.17, 15) is 9.59 Å². The molecule has 0 aliphatic rings. The Bertz CT molecular complexity index is 569. The molecule has 0 saturated carbocycles. The summed E-state index contributed by atoms with van der Waals surface area (Å²) in [5.74, 6) is -1.45. The van der Waals surface area contributed by atoms with Gasteiger partial charge in [-0.3, -0.25) is 10.1 Å². The number of aliphatic carboxylic acids is 1. The number of hydrogen-bond donors (Lipinski definition) is 2. The molecule has 1 unspecified atom stereocenters. The van der Waals surface area contributed by atoms with E-state index in [0.29, 0.717) is 6.42 Å². The number of rotatable bonds is 6. The molecular formula is C19H29NO4. The van der Waals surface area contributed by atoms with Crippen LogP contribution in [0.5, 0.6) is 0 Å². The first-order valence-electron chi connectivity index (χ1n) is 8.12. The molecule has 134 valence electrons. The number of carboxylic acid groups (broad SMARTS) is 1. The minimum atomic E-state index is -1.15. The van der Waals surface area contributed by atoms with Crippen LogP contribution in [0, 0.1) is 5.41 Å². The highest BCUT2D eigenvalue weighted by molar-refractivity contribution is 5.84. The van der Waals surface area contributed by atoms with Crippen molar-refractivity contribution in [2.75, 3.05) is 6.54 Å². The first-order valence-corrected chi connectivity index (χ1v) is 8.12. The van der Waals surface area contributed by atoms with Gasteiger partial charge in [0.2, 0.25) is 0 Å². The lowest BCUT2D eigenvalue weighted by molar-refractivity contribution is -0.169. The van der Waals surface area contributed by atoms with Crippen LogP contribution in [0.2, 0.25) is 0 Å². The van der Waals surface area contributed by atoms with E-state index in [1.807, 2.05) is 51.1 Å². The molecule has 0 aromatic heterocycles. The Morgan fingerprint density at radius 2 is 1.58 bits per heavy atom. The smallest absolute Gasteiger partial charge is 0.327 e. The molecule has 0 amide bonds. The first-order chi connectivity index (χ1) is 10.9. The van der Waals surface area contributed by atoms with E-state index < -0.39 is 28.5 Å². The minimum Gasteiger partial charge on any atom is -0.480 e. The summed E-state index contributed by atoms with van der Waals surface area (Å²) < 4.78 is 5.64. The van der Waals surface area contributed by atoms with Gasteiger partial charge >= 0.3 is 11.9 Å². The van der Waals surface area contributed by atoms with Crippen LogP contribution in [-0.4, -0.2) is 34.7 Å². The molecule has 0 radical (unpaired) electrons. The molecule has 24 heavy (non-hydrogen) atoms. The average Bonchev–Trinajstić information content (AvgIpc) is 2.41. The number of carboxylic acids is 1. The molecule has 1 atom stereocenters. The van der Waals surface area contributed by atoms with Gasteiger partial charge < -0.3 is 9.84 Å². The molecule has 1 aromatic rings. The fourth-order valence-electron chi connectivity index (χ4n) is 2.54. The van der Waals surface area contributed by atoms with Crippen molar-refractivity contribution < 1.29 is 19.4 Å². The first kappa shape index (κ1) is 20.2. The predicted molar refractivity (Wildman–Crippen MR) is 93.8 cm³/mol. The Kier molecular flexibility index (Phi) is 6.17. The summed E-state index contributed by atoms with van der Waals surface area (Å²) in [5.41, 5.74) is -1.42. The molecule has 1 rings (SSSR count). The van der Waals surface area contributed by atoms with E-state index in [2.05, 4.69) is 5.32 Å². The van der Waals surface area contributed by atoms with Gasteiger partial charge in [-0.15, -0.1) is 0 Å². The third-order valence-electron chi connectivity index (χ3n) is 3.88. The zero-order valence-corrected chi connectivity index (χ0v) is 15.5. The molecule has 0 heterocycles. The lowest BCUT2D eigenvalue weighted by Gasteiger charge is -2.44.